The van der Waals surface area contributed by atoms with Gasteiger partial charge in [-0.3, -0.25) is 0 Å². The van der Waals surface area contributed by atoms with Crippen LogP contribution in [-0.2, 0) is 0 Å². The lowest BCUT2D eigenvalue weighted by Gasteiger charge is -2.06. The summed E-state index contributed by atoms with van der Waals surface area (Å²) in [6.45, 7) is 6.53. The van der Waals surface area contributed by atoms with Crippen LogP contribution in [0.3, 0.4) is 0 Å². The maximum absolute atomic E-state index is 12.0. The maximum atomic E-state index is 12.0. The fraction of sp³-hybridized carbons (Fsp3) is 0.400. The van der Waals surface area contributed by atoms with E-state index in [1.54, 1.807) is 26.0 Å². The van der Waals surface area contributed by atoms with Gasteiger partial charge in [0.05, 0.1) is 0 Å². The SMILES string of the molecule is C=C(C=C(C=CC)CC)C(F)(F)F. The Morgan fingerprint density at radius 1 is 1.38 bits per heavy atom. The number of rotatable bonds is 3. The molecule has 0 saturated carbocycles. The van der Waals surface area contributed by atoms with Gasteiger partial charge >= 0.3 is 6.18 Å². The van der Waals surface area contributed by atoms with Crippen molar-refractivity contribution in [1.82, 2.24) is 0 Å². The Morgan fingerprint density at radius 3 is 2.23 bits per heavy atom. The number of hydrogen-bond donors (Lipinski definition) is 0. The normalized spacial score (nSPS) is 13.8. The van der Waals surface area contributed by atoms with Crippen LogP contribution in [0.1, 0.15) is 20.3 Å². The fourth-order valence-corrected chi connectivity index (χ4v) is 0.788. The fourth-order valence-electron chi connectivity index (χ4n) is 0.788. The van der Waals surface area contributed by atoms with E-state index in [-0.39, 0.29) is 0 Å². The van der Waals surface area contributed by atoms with Crippen LogP contribution >= 0.6 is 0 Å². The molecule has 0 aromatic rings. The number of hydrogen-bond acceptors (Lipinski definition) is 0. The Morgan fingerprint density at radius 2 is 1.92 bits per heavy atom. The van der Waals surface area contributed by atoms with Crippen molar-refractivity contribution in [3.05, 3.63) is 36.0 Å². The molecule has 13 heavy (non-hydrogen) atoms. The minimum absolute atomic E-state index is 0.569. The minimum atomic E-state index is -4.32. The first-order valence-electron chi connectivity index (χ1n) is 4.01. The third-order valence-corrected chi connectivity index (χ3v) is 1.51. The standard InChI is InChI=1S/C10H13F3/c1-4-6-9(5-2)7-8(3)10(11,12)13/h4,6-7H,3,5H2,1-2H3. The van der Waals surface area contributed by atoms with E-state index in [0.29, 0.717) is 12.0 Å². The van der Waals surface area contributed by atoms with Crippen LogP contribution in [0.15, 0.2) is 36.0 Å². The lowest BCUT2D eigenvalue weighted by molar-refractivity contribution is -0.0878. The zero-order chi connectivity index (χ0) is 10.5. The van der Waals surface area contributed by atoms with E-state index in [9.17, 15) is 13.2 Å². The van der Waals surface area contributed by atoms with Crippen LogP contribution in [0.2, 0.25) is 0 Å². The molecule has 0 unspecified atom stereocenters. The van der Waals surface area contributed by atoms with Crippen molar-refractivity contribution in [2.45, 2.75) is 26.4 Å². The molecule has 0 aromatic heterocycles. The molecular weight excluding hydrogens is 177 g/mol. The molecule has 0 saturated heterocycles. The molecule has 3 heteroatoms. The molecular formula is C10H13F3. The number of halogens is 3. The van der Waals surface area contributed by atoms with Crippen LogP contribution in [0, 0.1) is 0 Å². The van der Waals surface area contributed by atoms with Gasteiger partial charge in [-0.1, -0.05) is 25.7 Å². The van der Waals surface area contributed by atoms with E-state index < -0.39 is 11.7 Å². The van der Waals surface area contributed by atoms with E-state index in [0.717, 1.165) is 6.08 Å². The second kappa shape index (κ2) is 4.90. The number of allylic oxidation sites excluding steroid dienone is 5. The number of alkyl halides is 3. The van der Waals surface area contributed by atoms with Gasteiger partial charge in [0.1, 0.15) is 0 Å². The second-order valence-electron chi connectivity index (χ2n) is 2.60. The third kappa shape index (κ3) is 4.55. The van der Waals surface area contributed by atoms with Crippen molar-refractivity contribution >= 4 is 0 Å². The first-order chi connectivity index (χ1) is 5.91. The molecule has 0 aromatic carbocycles. The summed E-state index contributed by atoms with van der Waals surface area (Å²) in [5, 5.41) is 0. The van der Waals surface area contributed by atoms with Gasteiger partial charge in [0.25, 0.3) is 0 Å². The first-order valence-corrected chi connectivity index (χ1v) is 4.01. The molecule has 74 valence electrons. The van der Waals surface area contributed by atoms with Crippen molar-refractivity contribution in [2.75, 3.05) is 0 Å². The van der Waals surface area contributed by atoms with Gasteiger partial charge in [-0.2, -0.15) is 13.2 Å². The maximum Gasteiger partial charge on any atom is 0.415 e. The van der Waals surface area contributed by atoms with Crippen molar-refractivity contribution in [3.8, 4) is 0 Å². The predicted octanol–water partition coefficient (Wildman–Crippen LogP) is 4.02. The third-order valence-electron chi connectivity index (χ3n) is 1.51. The summed E-state index contributed by atoms with van der Waals surface area (Å²) >= 11 is 0. The van der Waals surface area contributed by atoms with E-state index in [4.69, 9.17) is 0 Å². The minimum Gasteiger partial charge on any atom is -0.166 e. The van der Waals surface area contributed by atoms with E-state index in [1.165, 1.54) is 0 Å². The lowest BCUT2D eigenvalue weighted by Crippen LogP contribution is -2.08. The molecule has 0 amide bonds. The van der Waals surface area contributed by atoms with Crippen LogP contribution in [0.25, 0.3) is 0 Å². The van der Waals surface area contributed by atoms with E-state index in [1.807, 2.05) is 0 Å². The highest BCUT2D eigenvalue weighted by Crippen LogP contribution is 2.26. The van der Waals surface area contributed by atoms with Gasteiger partial charge in [0.15, 0.2) is 0 Å². The van der Waals surface area contributed by atoms with E-state index >= 15 is 0 Å². The Balaban J connectivity index is 4.62. The smallest absolute Gasteiger partial charge is 0.166 e. The average Bonchev–Trinajstić information content (AvgIpc) is 2.01. The highest BCUT2D eigenvalue weighted by molar-refractivity contribution is 5.30. The molecule has 0 spiro atoms. The highest BCUT2D eigenvalue weighted by Gasteiger charge is 2.30. The predicted molar refractivity (Wildman–Crippen MR) is 48.4 cm³/mol. The molecule has 0 nitrogen and oxygen atoms in total. The molecule has 0 rings (SSSR count). The molecule has 0 aliphatic carbocycles. The van der Waals surface area contributed by atoms with Crippen molar-refractivity contribution in [1.29, 1.82) is 0 Å². The van der Waals surface area contributed by atoms with Gasteiger partial charge < -0.3 is 0 Å². The van der Waals surface area contributed by atoms with Gasteiger partial charge in [0.2, 0.25) is 0 Å². The summed E-state index contributed by atoms with van der Waals surface area (Å²) in [5.74, 6) is 0. The quantitative estimate of drug-likeness (QED) is 0.589. The Labute approximate surface area is 76.5 Å². The average molecular weight is 190 g/mol. The summed E-state index contributed by atoms with van der Waals surface area (Å²) in [6, 6.07) is 0. The first kappa shape index (κ1) is 12.0. The van der Waals surface area contributed by atoms with Gasteiger partial charge in [-0.15, -0.1) is 0 Å². The Kier molecular flexibility index (Phi) is 4.52. The Bertz CT molecular complexity index is 231. The summed E-state index contributed by atoms with van der Waals surface area (Å²) in [4.78, 5) is 0. The van der Waals surface area contributed by atoms with Gasteiger partial charge in [0, 0.05) is 5.57 Å². The molecule has 0 aliphatic heterocycles. The van der Waals surface area contributed by atoms with Crippen LogP contribution in [-0.4, -0.2) is 6.18 Å². The molecule has 0 radical (unpaired) electrons. The molecule has 0 fully saturated rings. The highest BCUT2D eigenvalue weighted by atomic mass is 19.4. The largest absolute Gasteiger partial charge is 0.415 e. The molecule has 0 atom stereocenters. The van der Waals surface area contributed by atoms with Crippen LogP contribution in [0.4, 0.5) is 13.2 Å². The van der Waals surface area contributed by atoms with Gasteiger partial charge in [-0.25, -0.2) is 0 Å². The summed E-state index contributed by atoms with van der Waals surface area (Å²) in [5.41, 5.74) is -0.174. The zero-order valence-electron chi connectivity index (χ0n) is 7.78. The van der Waals surface area contributed by atoms with Crippen molar-refractivity contribution in [2.24, 2.45) is 0 Å². The molecule has 0 aliphatic rings. The van der Waals surface area contributed by atoms with Crippen LogP contribution < -0.4 is 0 Å². The van der Waals surface area contributed by atoms with Crippen LogP contribution in [0.5, 0.6) is 0 Å². The zero-order valence-corrected chi connectivity index (χ0v) is 7.78. The van der Waals surface area contributed by atoms with E-state index in [2.05, 4.69) is 6.58 Å². The summed E-state index contributed by atoms with van der Waals surface area (Å²) < 4.78 is 36.1. The Hall–Kier alpha value is -0.990. The monoisotopic (exact) mass is 190 g/mol. The summed E-state index contributed by atoms with van der Waals surface area (Å²) in [6.07, 6.45) is 0.678. The van der Waals surface area contributed by atoms with Gasteiger partial charge in [-0.05, 0) is 25.0 Å². The molecule has 0 heterocycles. The van der Waals surface area contributed by atoms with Crippen molar-refractivity contribution < 1.29 is 13.2 Å². The second-order valence-corrected chi connectivity index (χ2v) is 2.60. The molecule has 0 bridgehead atoms. The molecule has 0 N–H and O–H groups in total. The topological polar surface area (TPSA) is 0 Å². The lowest BCUT2D eigenvalue weighted by atomic mass is 10.1. The summed E-state index contributed by atoms with van der Waals surface area (Å²) in [7, 11) is 0. The van der Waals surface area contributed by atoms with Crippen molar-refractivity contribution in [3.63, 3.8) is 0 Å².